The van der Waals surface area contributed by atoms with Gasteiger partial charge in [-0.3, -0.25) is 0 Å². The van der Waals surface area contributed by atoms with Gasteiger partial charge in [0.05, 0.1) is 0 Å². The Bertz CT molecular complexity index is 827. The first-order valence-electron chi connectivity index (χ1n) is 6.40. The molecule has 0 saturated heterocycles. The average molecular weight is 448 g/mol. The highest BCUT2D eigenvalue weighted by atomic mass is 127. The van der Waals surface area contributed by atoms with Crippen LogP contribution in [0.2, 0.25) is 10.0 Å². The summed E-state index contributed by atoms with van der Waals surface area (Å²) in [5.74, 6) is 0. The van der Waals surface area contributed by atoms with E-state index in [-0.39, 0.29) is 6.04 Å². The molecule has 0 spiro atoms. The Labute approximate surface area is 151 Å². The molecule has 1 nitrogen and oxygen atoms in total. The van der Waals surface area contributed by atoms with Gasteiger partial charge in [0.1, 0.15) is 0 Å². The van der Waals surface area contributed by atoms with Crippen molar-refractivity contribution in [2.45, 2.75) is 13.0 Å². The fourth-order valence-corrected chi connectivity index (χ4v) is 4.53. The molecular formula is C16H12Cl2INS. The number of hydrogen-bond acceptors (Lipinski definition) is 2. The summed E-state index contributed by atoms with van der Waals surface area (Å²) in [5.41, 5.74) is 8.29. The minimum atomic E-state index is -0.0400. The van der Waals surface area contributed by atoms with Crippen molar-refractivity contribution < 1.29 is 0 Å². The van der Waals surface area contributed by atoms with Gasteiger partial charge in [0.15, 0.2) is 0 Å². The molecule has 108 valence electrons. The van der Waals surface area contributed by atoms with Crippen molar-refractivity contribution in [3.8, 4) is 11.1 Å². The molecule has 0 fully saturated rings. The minimum absolute atomic E-state index is 0.0400. The minimum Gasteiger partial charge on any atom is -0.323 e. The highest BCUT2D eigenvalue weighted by Gasteiger charge is 2.19. The van der Waals surface area contributed by atoms with Crippen molar-refractivity contribution in [3.63, 3.8) is 0 Å². The van der Waals surface area contributed by atoms with Crippen molar-refractivity contribution in [1.82, 2.24) is 0 Å². The van der Waals surface area contributed by atoms with E-state index in [1.165, 1.54) is 13.7 Å². The van der Waals surface area contributed by atoms with Crippen LogP contribution >= 0.6 is 57.1 Å². The Morgan fingerprint density at radius 1 is 1.14 bits per heavy atom. The molecule has 1 atom stereocenters. The van der Waals surface area contributed by atoms with Gasteiger partial charge in [0.2, 0.25) is 0 Å². The molecule has 0 aliphatic rings. The van der Waals surface area contributed by atoms with Crippen LogP contribution in [0.15, 0.2) is 36.4 Å². The molecule has 0 amide bonds. The summed E-state index contributed by atoms with van der Waals surface area (Å²) >= 11 is 16.5. The smallest absolute Gasteiger partial charge is 0.0499 e. The third kappa shape index (κ3) is 2.94. The Hall–Kier alpha value is -0.330. The van der Waals surface area contributed by atoms with Crippen LogP contribution in [-0.4, -0.2) is 0 Å². The van der Waals surface area contributed by atoms with E-state index in [9.17, 15) is 0 Å². The third-order valence-electron chi connectivity index (χ3n) is 3.29. The first kappa shape index (κ1) is 15.6. The lowest BCUT2D eigenvalue weighted by Crippen LogP contribution is -2.03. The van der Waals surface area contributed by atoms with E-state index in [2.05, 4.69) is 40.8 Å². The predicted molar refractivity (Wildman–Crippen MR) is 103 cm³/mol. The van der Waals surface area contributed by atoms with Crippen molar-refractivity contribution in [1.29, 1.82) is 0 Å². The molecule has 5 heteroatoms. The van der Waals surface area contributed by atoms with E-state index < -0.39 is 0 Å². The van der Waals surface area contributed by atoms with Gasteiger partial charge >= 0.3 is 0 Å². The maximum absolute atomic E-state index is 6.42. The maximum atomic E-state index is 6.42. The van der Waals surface area contributed by atoms with Crippen LogP contribution in [0.1, 0.15) is 17.8 Å². The third-order valence-corrected chi connectivity index (χ3v) is 5.88. The summed E-state index contributed by atoms with van der Waals surface area (Å²) in [6.07, 6.45) is 0. The van der Waals surface area contributed by atoms with Crippen molar-refractivity contribution in [2.24, 2.45) is 5.73 Å². The molecule has 3 rings (SSSR count). The first-order chi connectivity index (χ1) is 9.97. The highest BCUT2D eigenvalue weighted by molar-refractivity contribution is 14.1. The van der Waals surface area contributed by atoms with Crippen LogP contribution in [-0.2, 0) is 0 Å². The molecule has 0 aliphatic carbocycles. The van der Waals surface area contributed by atoms with Gasteiger partial charge in [0, 0.05) is 45.7 Å². The van der Waals surface area contributed by atoms with Crippen LogP contribution < -0.4 is 5.73 Å². The lowest BCUT2D eigenvalue weighted by Gasteiger charge is -2.10. The van der Waals surface area contributed by atoms with E-state index in [1.54, 1.807) is 17.4 Å². The predicted octanol–water partition coefficient (Wildman–Crippen LogP) is 6.50. The van der Waals surface area contributed by atoms with E-state index in [1.807, 2.05) is 19.1 Å². The lowest BCUT2D eigenvalue weighted by atomic mass is 10.00. The van der Waals surface area contributed by atoms with Crippen LogP contribution in [0.4, 0.5) is 0 Å². The van der Waals surface area contributed by atoms with E-state index >= 15 is 0 Å². The topological polar surface area (TPSA) is 26.0 Å². The van der Waals surface area contributed by atoms with Crippen molar-refractivity contribution in [2.75, 3.05) is 0 Å². The van der Waals surface area contributed by atoms with E-state index in [0.29, 0.717) is 10.0 Å². The van der Waals surface area contributed by atoms with Gasteiger partial charge in [-0.25, -0.2) is 0 Å². The van der Waals surface area contributed by atoms with Crippen LogP contribution in [0.3, 0.4) is 0 Å². The summed E-state index contributed by atoms with van der Waals surface area (Å²) in [5, 5.41) is 2.49. The van der Waals surface area contributed by atoms with Gasteiger partial charge in [-0.2, -0.15) is 0 Å². The number of fused-ring (bicyclic) bond motifs is 1. The Kier molecular flexibility index (Phi) is 4.48. The largest absolute Gasteiger partial charge is 0.323 e. The fourth-order valence-electron chi connectivity index (χ4n) is 2.38. The Morgan fingerprint density at radius 3 is 2.57 bits per heavy atom. The van der Waals surface area contributed by atoms with E-state index in [4.69, 9.17) is 28.9 Å². The Morgan fingerprint density at radius 2 is 1.90 bits per heavy atom. The number of thiophene rings is 1. The normalized spacial score (nSPS) is 12.8. The SMILES string of the molecule is CC(N)c1sc2ccc(I)cc2c1-c1ccc(Cl)cc1Cl. The number of nitrogens with two attached hydrogens (primary N) is 1. The number of rotatable bonds is 2. The molecule has 21 heavy (non-hydrogen) atoms. The molecule has 0 aliphatic heterocycles. The lowest BCUT2D eigenvalue weighted by molar-refractivity contribution is 0.841. The monoisotopic (exact) mass is 447 g/mol. The quantitative estimate of drug-likeness (QED) is 0.445. The van der Waals surface area contributed by atoms with Crippen LogP contribution in [0.5, 0.6) is 0 Å². The molecule has 3 aromatic rings. The van der Waals surface area contributed by atoms with Crippen molar-refractivity contribution >= 4 is 67.2 Å². The van der Waals surface area contributed by atoms with Crippen molar-refractivity contribution in [3.05, 3.63) is 54.9 Å². The summed E-state index contributed by atoms with van der Waals surface area (Å²) in [6.45, 7) is 2.00. The molecule has 1 unspecified atom stereocenters. The first-order valence-corrected chi connectivity index (χ1v) is 9.05. The zero-order chi connectivity index (χ0) is 15.1. The zero-order valence-corrected chi connectivity index (χ0v) is 15.6. The molecule has 2 aromatic carbocycles. The summed E-state index contributed by atoms with van der Waals surface area (Å²) < 4.78 is 2.42. The second-order valence-corrected chi connectivity index (χ2v) is 8.07. The average Bonchev–Trinajstić information content (AvgIpc) is 2.77. The zero-order valence-electron chi connectivity index (χ0n) is 11.2. The van der Waals surface area contributed by atoms with Gasteiger partial charge in [-0.1, -0.05) is 29.3 Å². The standard InChI is InChI=1S/C16H12Cl2INS/c1-8(20)16-15(11-4-2-9(17)6-13(11)18)12-7-10(19)3-5-14(12)21-16/h2-8H,20H2,1H3. The molecular weight excluding hydrogens is 436 g/mol. The maximum Gasteiger partial charge on any atom is 0.0499 e. The summed E-state index contributed by atoms with van der Waals surface area (Å²) in [6, 6.07) is 12.0. The molecule has 1 heterocycles. The fraction of sp³-hybridized carbons (Fsp3) is 0.125. The van der Waals surface area contributed by atoms with Gasteiger partial charge < -0.3 is 5.73 Å². The summed E-state index contributed by atoms with van der Waals surface area (Å²) in [4.78, 5) is 1.15. The number of benzene rings is 2. The molecule has 0 saturated carbocycles. The van der Waals surface area contributed by atoms with Gasteiger partial charge in [-0.05, 0) is 59.8 Å². The molecule has 2 N–H and O–H groups in total. The molecule has 0 bridgehead atoms. The molecule has 1 aromatic heterocycles. The van der Waals surface area contributed by atoms with Crippen LogP contribution in [0.25, 0.3) is 21.2 Å². The number of halogens is 3. The number of hydrogen-bond donors (Lipinski definition) is 1. The molecule has 0 radical (unpaired) electrons. The van der Waals surface area contributed by atoms with Gasteiger partial charge in [-0.15, -0.1) is 11.3 Å². The second kappa shape index (κ2) is 6.05. The van der Waals surface area contributed by atoms with E-state index in [0.717, 1.165) is 16.0 Å². The van der Waals surface area contributed by atoms with Crippen LogP contribution in [0, 0.1) is 3.57 Å². The summed E-state index contributed by atoms with van der Waals surface area (Å²) in [7, 11) is 0. The second-order valence-electron chi connectivity index (χ2n) is 4.89. The highest BCUT2D eigenvalue weighted by Crippen LogP contribution is 2.44. The Balaban J connectivity index is 2.38. The van der Waals surface area contributed by atoms with Gasteiger partial charge in [0.25, 0.3) is 0 Å².